The largest absolute Gasteiger partial charge is 0.263 e. The van der Waals surface area contributed by atoms with E-state index in [4.69, 9.17) is 0 Å². The van der Waals surface area contributed by atoms with E-state index in [0.29, 0.717) is 13.1 Å². The SMILES string of the molecule is Cc1cccc([C@@H]2CCCN(S(=O)(=O)c3cccnc3)C2)n1. The number of hydrogen-bond acceptors (Lipinski definition) is 4. The standard InChI is InChI=1S/C16H19N3O2S/c1-13-5-2-8-16(18-13)14-6-4-10-19(12-14)22(20,21)15-7-3-9-17-11-15/h2-3,5,7-9,11,14H,4,6,10,12H2,1H3/t14-/m1/s1. The summed E-state index contributed by atoms with van der Waals surface area (Å²) in [7, 11) is -3.47. The Kier molecular flexibility index (Phi) is 4.22. The molecule has 0 aromatic carbocycles. The minimum atomic E-state index is -3.47. The van der Waals surface area contributed by atoms with Crippen LogP contribution >= 0.6 is 0 Å². The Labute approximate surface area is 131 Å². The molecule has 0 spiro atoms. The van der Waals surface area contributed by atoms with Gasteiger partial charge in [-0.25, -0.2) is 8.42 Å². The number of hydrogen-bond donors (Lipinski definition) is 0. The van der Waals surface area contributed by atoms with Crippen LogP contribution in [0.1, 0.15) is 30.1 Å². The molecule has 0 aliphatic carbocycles. The van der Waals surface area contributed by atoms with Crippen LogP contribution in [0.3, 0.4) is 0 Å². The summed E-state index contributed by atoms with van der Waals surface area (Å²) in [6.45, 7) is 2.99. The van der Waals surface area contributed by atoms with Crippen LogP contribution in [0.5, 0.6) is 0 Å². The van der Waals surface area contributed by atoms with E-state index in [1.54, 1.807) is 22.6 Å². The summed E-state index contributed by atoms with van der Waals surface area (Å²) in [5, 5.41) is 0. The highest BCUT2D eigenvalue weighted by atomic mass is 32.2. The molecule has 1 fully saturated rings. The van der Waals surface area contributed by atoms with Crippen LogP contribution in [0.4, 0.5) is 0 Å². The quantitative estimate of drug-likeness (QED) is 0.872. The summed E-state index contributed by atoms with van der Waals surface area (Å²) in [5.41, 5.74) is 1.94. The minimum Gasteiger partial charge on any atom is -0.263 e. The van der Waals surface area contributed by atoms with E-state index < -0.39 is 10.0 Å². The number of aromatic nitrogens is 2. The van der Waals surface area contributed by atoms with Gasteiger partial charge in [-0.15, -0.1) is 0 Å². The number of piperidine rings is 1. The van der Waals surface area contributed by atoms with Crippen molar-refractivity contribution in [3.05, 3.63) is 54.1 Å². The first-order valence-corrected chi connectivity index (χ1v) is 8.85. The molecule has 2 aromatic rings. The Morgan fingerprint density at radius 1 is 1.23 bits per heavy atom. The monoisotopic (exact) mass is 317 g/mol. The highest BCUT2D eigenvalue weighted by Crippen LogP contribution is 2.29. The first kappa shape index (κ1) is 15.1. The Bertz CT molecular complexity index is 747. The van der Waals surface area contributed by atoms with Crippen molar-refractivity contribution in [2.45, 2.75) is 30.6 Å². The van der Waals surface area contributed by atoms with Gasteiger partial charge in [0.2, 0.25) is 10.0 Å². The molecule has 22 heavy (non-hydrogen) atoms. The molecule has 0 saturated carbocycles. The lowest BCUT2D eigenvalue weighted by molar-refractivity contribution is 0.312. The summed E-state index contributed by atoms with van der Waals surface area (Å²) in [6.07, 6.45) is 4.80. The normalized spacial score (nSPS) is 20.0. The molecule has 116 valence electrons. The molecule has 3 rings (SSSR count). The van der Waals surface area contributed by atoms with E-state index in [1.165, 1.54) is 6.20 Å². The van der Waals surface area contributed by atoms with Gasteiger partial charge in [0.05, 0.1) is 0 Å². The third-order valence-electron chi connectivity index (χ3n) is 3.98. The van der Waals surface area contributed by atoms with Crippen molar-refractivity contribution in [2.24, 2.45) is 0 Å². The van der Waals surface area contributed by atoms with Crippen LogP contribution < -0.4 is 0 Å². The third kappa shape index (κ3) is 3.03. The average Bonchev–Trinajstić information content (AvgIpc) is 2.56. The lowest BCUT2D eigenvalue weighted by atomic mass is 9.95. The maximum Gasteiger partial charge on any atom is 0.244 e. The van der Waals surface area contributed by atoms with Gasteiger partial charge in [0.1, 0.15) is 4.90 Å². The van der Waals surface area contributed by atoms with Gasteiger partial charge >= 0.3 is 0 Å². The first-order chi connectivity index (χ1) is 10.6. The highest BCUT2D eigenvalue weighted by Gasteiger charge is 2.31. The van der Waals surface area contributed by atoms with E-state index in [0.717, 1.165) is 24.2 Å². The van der Waals surface area contributed by atoms with Gasteiger partial charge in [-0.1, -0.05) is 6.07 Å². The number of pyridine rings is 2. The van der Waals surface area contributed by atoms with Crippen molar-refractivity contribution in [2.75, 3.05) is 13.1 Å². The van der Waals surface area contributed by atoms with E-state index in [9.17, 15) is 8.42 Å². The molecule has 1 atom stereocenters. The van der Waals surface area contributed by atoms with E-state index >= 15 is 0 Å². The van der Waals surface area contributed by atoms with Crippen LogP contribution in [0.25, 0.3) is 0 Å². The molecule has 5 nitrogen and oxygen atoms in total. The molecule has 0 unspecified atom stereocenters. The number of nitrogens with zero attached hydrogens (tertiary/aromatic N) is 3. The van der Waals surface area contributed by atoms with Gasteiger partial charge in [-0.05, 0) is 44.0 Å². The molecule has 1 aliphatic rings. The second kappa shape index (κ2) is 6.14. The fourth-order valence-corrected chi connectivity index (χ4v) is 4.33. The van der Waals surface area contributed by atoms with Crippen LogP contribution in [-0.2, 0) is 10.0 Å². The minimum absolute atomic E-state index is 0.153. The van der Waals surface area contributed by atoms with Gasteiger partial charge in [-0.2, -0.15) is 4.31 Å². The average molecular weight is 317 g/mol. The maximum atomic E-state index is 12.7. The summed E-state index contributed by atoms with van der Waals surface area (Å²) >= 11 is 0. The van der Waals surface area contributed by atoms with Crippen molar-refractivity contribution >= 4 is 10.0 Å². The molecule has 0 amide bonds. The van der Waals surface area contributed by atoms with Crippen molar-refractivity contribution < 1.29 is 8.42 Å². The zero-order valence-corrected chi connectivity index (χ0v) is 13.3. The van der Waals surface area contributed by atoms with E-state index in [2.05, 4.69) is 9.97 Å². The Hall–Kier alpha value is -1.79. The third-order valence-corrected chi connectivity index (χ3v) is 5.83. The molecule has 6 heteroatoms. The summed E-state index contributed by atoms with van der Waals surface area (Å²) in [6, 6.07) is 9.16. The molecule has 0 radical (unpaired) electrons. The van der Waals surface area contributed by atoms with E-state index in [-0.39, 0.29) is 10.8 Å². The van der Waals surface area contributed by atoms with Crippen molar-refractivity contribution in [3.8, 4) is 0 Å². The Morgan fingerprint density at radius 3 is 2.82 bits per heavy atom. The molecule has 0 N–H and O–H groups in total. The topological polar surface area (TPSA) is 63.2 Å². The van der Waals surface area contributed by atoms with Crippen LogP contribution in [0, 0.1) is 6.92 Å². The number of rotatable bonds is 3. The summed E-state index contributed by atoms with van der Waals surface area (Å²) in [4.78, 5) is 8.73. The molecule has 1 aliphatic heterocycles. The first-order valence-electron chi connectivity index (χ1n) is 7.41. The summed E-state index contributed by atoms with van der Waals surface area (Å²) < 4.78 is 27.0. The molecule has 0 bridgehead atoms. The second-order valence-corrected chi connectivity index (χ2v) is 7.53. The van der Waals surface area contributed by atoms with Crippen molar-refractivity contribution in [1.29, 1.82) is 0 Å². The molecule has 3 heterocycles. The van der Waals surface area contributed by atoms with E-state index in [1.807, 2.05) is 25.1 Å². The van der Waals surface area contributed by atoms with Crippen molar-refractivity contribution in [3.63, 3.8) is 0 Å². The van der Waals surface area contributed by atoms with Gasteiger partial charge < -0.3 is 0 Å². The lowest BCUT2D eigenvalue weighted by Crippen LogP contribution is -2.39. The zero-order valence-electron chi connectivity index (χ0n) is 12.5. The van der Waals surface area contributed by atoms with Gasteiger partial charge in [0.25, 0.3) is 0 Å². The summed E-state index contributed by atoms with van der Waals surface area (Å²) in [5.74, 6) is 0.153. The fraction of sp³-hybridized carbons (Fsp3) is 0.375. The Balaban J connectivity index is 1.84. The van der Waals surface area contributed by atoms with Gasteiger partial charge in [0, 0.05) is 42.8 Å². The van der Waals surface area contributed by atoms with Crippen LogP contribution in [0.2, 0.25) is 0 Å². The molecule has 1 saturated heterocycles. The Morgan fingerprint density at radius 2 is 2.09 bits per heavy atom. The predicted molar refractivity (Wildman–Crippen MR) is 83.9 cm³/mol. The second-order valence-electron chi connectivity index (χ2n) is 5.59. The maximum absolute atomic E-state index is 12.7. The van der Waals surface area contributed by atoms with Crippen molar-refractivity contribution in [1.82, 2.24) is 14.3 Å². The number of aryl methyl sites for hydroxylation is 1. The predicted octanol–water partition coefficient (Wildman–Crippen LogP) is 2.35. The zero-order chi connectivity index (χ0) is 15.6. The van der Waals surface area contributed by atoms with Gasteiger partial charge in [0.15, 0.2) is 0 Å². The highest BCUT2D eigenvalue weighted by molar-refractivity contribution is 7.89. The van der Waals surface area contributed by atoms with Crippen LogP contribution in [0.15, 0.2) is 47.6 Å². The number of sulfonamides is 1. The lowest BCUT2D eigenvalue weighted by Gasteiger charge is -2.31. The smallest absolute Gasteiger partial charge is 0.244 e. The molecular weight excluding hydrogens is 298 g/mol. The van der Waals surface area contributed by atoms with Crippen LogP contribution in [-0.4, -0.2) is 35.8 Å². The van der Waals surface area contributed by atoms with Gasteiger partial charge in [-0.3, -0.25) is 9.97 Å². The molecule has 2 aromatic heterocycles. The molecular formula is C16H19N3O2S. The fourth-order valence-electron chi connectivity index (χ4n) is 2.84.